The van der Waals surface area contributed by atoms with Crippen LogP contribution in [0.1, 0.15) is 0 Å². The van der Waals surface area contributed by atoms with Crippen LogP contribution in [0.2, 0.25) is 0 Å². The summed E-state index contributed by atoms with van der Waals surface area (Å²) in [5.74, 6) is -0.640. The minimum Gasteiger partial charge on any atom is -0.394 e. The first-order valence-electron chi connectivity index (χ1n) is 6.43. The first kappa shape index (κ1) is 20.8. The number of aliphatic hydroxyl groups excluding tert-OH is 5. The van der Waals surface area contributed by atoms with Crippen LogP contribution in [0.25, 0.3) is 0 Å². The molecular formula is C11H23ClN4O6. The highest BCUT2D eigenvalue weighted by molar-refractivity contribution is 5.85. The predicted octanol–water partition coefficient (Wildman–Crippen LogP) is -4.41. The molecule has 0 aromatic carbocycles. The summed E-state index contributed by atoms with van der Waals surface area (Å²) in [7, 11) is 1.52. The van der Waals surface area contributed by atoms with Crippen LogP contribution in [0.5, 0.6) is 0 Å². The number of likely N-dealkylation sites (tertiary alicyclic amines) is 1. The van der Waals surface area contributed by atoms with Gasteiger partial charge in [0.05, 0.1) is 25.3 Å². The van der Waals surface area contributed by atoms with Crippen molar-refractivity contribution in [1.82, 2.24) is 10.2 Å². The number of carbonyl (C=O) groups excluding carboxylic acids is 1. The molecule has 1 aliphatic heterocycles. The Hall–Kier alpha value is -1.17. The molecule has 8 N–H and O–H groups in total. The Morgan fingerprint density at radius 3 is 1.95 bits per heavy atom. The maximum atomic E-state index is 12.2. The molecule has 0 aromatic rings. The molecule has 5 atom stereocenters. The van der Waals surface area contributed by atoms with Crippen molar-refractivity contribution >= 4 is 24.3 Å². The second-order valence-corrected chi connectivity index (χ2v) is 4.72. The van der Waals surface area contributed by atoms with Gasteiger partial charge < -0.3 is 41.5 Å². The summed E-state index contributed by atoms with van der Waals surface area (Å²) >= 11 is 0. The molecule has 1 aliphatic rings. The molecule has 0 spiro atoms. The van der Waals surface area contributed by atoms with E-state index in [1.54, 1.807) is 0 Å². The lowest BCUT2D eigenvalue weighted by Gasteiger charge is -2.47. The standard InChI is InChI=1S/C11H22N4O6.ClH/c1-13-11(12)14-2-7(18)15-5(3-16)8(19)10(21)9(20)6(15)4-17;/h5-6,8-10,16-17,19-21H,2-4H2,1H3,(H3,12,13,14);1H/t5-,6-,8-,9+,10-;/m1./s1. The fourth-order valence-corrected chi connectivity index (χ4v) is 2.31. The van der Waals surface area contributed by atoms with Crippen LogP contribution in [-0.2, 0) is 4.79 Å². The molecule has 0 saturated carbocycles. The lowest BCUT2D eigenvalue weighted by molar-refractivity contribution is -0.186. The topological polar surface area (TPSA) is 172 Å². The van der Waals surface area contributed by atoms with Crippen LogP contribution >= 0.6 is 12.4 Å². The fourth-order valence-electron chi connectivity index (χ4n) is 2.31. The van der Waals surface area contributed by atoms with Crippen LogP contribution in [0, 0.1) is 0 Å². The van der Waals surface area contributed by atoms with Crippen molar-refractivity contribution in [1.29, 1.82) is 0 Å². The van der Waals surface area contributed by atoms with Gasteiger partial charge in [-0.15, -0.1) is 12.4 Å². The molecule has 1 amide bonds. The van der Waals surface area contributed by atoms with Crippen molar-refractivity contribution in [3.63, 3.8) is 0 Å². The number of halogens is 1. The van der Waals surface area contributed by atoms with Gasteiger partial charge in [-0.3, -0.25) is 4.79 Å². The number of hydrogen-bond acceptors (Lipinski definition) is 7. The summed E-state index contributed by atoms with van der Waals surface area (Å²) in [6, 6.07) is -2.31. The number of nitrogens with two attached hydrogens (primary N) is 1. The van der Waals surface area contributed by atoms with E-state index in [-0.39, 0.29) is 18.4 Å². The summed E-state index contributed by atoms with van der Waals surface area (Å²) in [5.41, 5.74) is 5.39. The Bertz CT molecular complexity index is 381. The van der Waals surface area contributed by atoms with E-state index < -0.39 is 56.1 Å². The maximum absolute atomic E-state index is 12.2. The number of hydrogen-bond donors (Lipinski definition) is 7. The van der Waals surface area contributed by atoms with Gasteiger partial charge in [-0.1, -0.05) is 0 Å². The van der Waals surface area contributed by atoms with E-state index in [4.69, 9.17) is 5.73 Å². The van der Waals surface area contributed by atoms with Gasteiger partial charge >= 0.3 is 0 Å². The highest BCUT2D eigenvalue weighted by Gasteiger charge is 2.48. The van der Waals surface area contributed by atoms with Crippen LogP contribution in [0.3, 0.4) is 0 Å². The van der Waals surface area contributed by atoms with Gasteiger partial charge in [0, 0.05) is 7.05 Å². The number of carbonyl (C=O) groups is 1. The molecule has 11 heteroatoms. The molecule has 0 unspecified atom stereocenters. The number of rotatable bonds is 4. The Morgan fingerprint density at radius 1 is 1.14 bits per heavy atom. The van der Waals surface area contributed by atoms with Gasteiger partial charge in [0.2, 0.25) is 5.91 Å². The zero-order valence-electron chi connectivity index (χ0n) is 12.0. The van der Waals surface area contributed by atoms with E-state index in [1.807, 2.05) is 0 Å². The first-order valence-corrected chi connectivity index (χ1v) is 6.43. The van der Waals surface area contributed by atoms with Gasteiger partial charge in [0.1, 0.15) is 24.9 Å². The lowest BCUT2D eigenvalue weighted by Crippen LogP contribution is -2.69. The van der Waals surface area contributed by atoms with Crippen molar-refractivity contribution in [3.8, 4) is 0 Å². The second-order valence-electron chi connectivity index (χ2n) is 4.72. The SMILES string of the molecule is CNC(N)=NCC(=O)N1[C@H](CO)[C@H](O)[C@H](O)[C@H](O)[C@H]1CO.Cl. The minimum absolute atomic E-state index is 0. The number of aliphatic imine (C=N–C) groups is 1. The smallest absolute Gasteiger partial charge is 0.245 e. The number of guanidine groups is 1. The molecule has 22 heavy (non-hydrogen) atoms. The van der Waals surface area contributed by atoms with Gasteiger partial charge in [-0.05, 0) is 0 Å². The van der Waals surface area contributed by atoms with Crippen molar-refractivity contribution in [2.24, 2.45) is 10.7 Å². The molecular weight excluding hydrogens is 320 g/mol. The van der Waals surface area contributed by atoms with E-state index >= 15 is 0 Å². The molecule has 0 aromatic heterocycles. The largest absolute Gasteiger partial charge is 0.394 e. The highest BCUT2D eigenvalue weighted by Crippen LogP contribution is 2.24. The fraction of sp³-hybridized carbons (Fsp3) is 0.818. The number of nitrogens with zero attached hydrogens (tertiary/aromatic N) is 2. The quantitative estimate of drug-likeness (QED) is 0.198. The third-order valence-electron chi connectivity index (χ3n) is 3.51. The summed E-state index contributed by atoms with van der Waals surface area (Å²) in [6.45, 7) is -1.67. The molecule has 10 nitrogen and oxygen atoms in total. The highest BCUT2D eigenvalue weighted by atomic mass is 35.5. The van der Waals surface area contributed by atoms with Crippen LogP contribution in [0.15, 0.2) is 4.99 Å². The lowest BCUT2D eigenvalue weighted by atomic mass is 9.88. The van der Waals surface area contributed by atoms with Gasteiger partial charge in [-0.2, -0.15) is 0 Å². The van der Waals surface area contributed by atoms with E-state index in [1.165, 1.54) is 7.05 Å². The zero-order valence-corrected chi connectivity index (χ0v) is 12.8. The third-order valence-corrected chi connectivity index (χ3v) is 3.51. The Labute approximate surface area is 133 Å². The summed E-state index contributed by atoms with van der Waals surface area (Å²) in [6.07, 6.45) is -4.65. The first-order chi connectivity index (χ1) is 9.88. The molecule has 1 saturated heterocycles. The third kappa shape index (κ3) is 4.18. The Balaban J connectivity index is 0.00000441. The van der Waals surface area contributed by atoms with Gasteiger partial charge in [0.25, 0.3) is 0 Å². The van der Waals surface area contributed by atoms with E-state index in [9.17, 15) is 30.3 Å². The van der Waals surface area contributed by atoms with E-state index in [0.29, 0.717) is 0 Å². The van der Waals surface area contributed by atoms with Gasteiger partial charge in [0.15, 0.2) is 5.96 Å². The van der Waals surface area contributed by atoms with Crippen LogP contribution < -0.4 is 11.1 Å². The molecule has 130 valence electrons. The summed E-state index contributed by atoms with van der Waals surface area (Å²) < 4.78 is 0. The number of nitrogens with one attached hydrogen (secondary N) is 1. The number of piperidine rings is 1. The van der Waals surface area contributed by atoms with Crippen molar-refractivity contribution in [2.75, 3.05) is 26.8 Å². The number of amides is 1. The normalized spacial score (nSPS) is 32.4. The van der Waals surface area contributed by atoms with Gasteiger partial charge in [-0.25, -0.2) is 4.99 Å². The Morgan fingerprint density at radius 2 is 1.59 bits per heavy atom. The average molecular weight is 343 g/mol. The minimum atomic E-state index is -1.57. The molecule has 1 fully saturated rings. The average Bonchev–Trinajstić information content (AvgIpc) is 2.49. The Kier molecular flexibility index (Phi) is 8.60. The van der Waals surface area contributed by atoms with Crippen molar-refractivity contribution < 1.29 is 30.3 Å². The van der Waals surface area contributed by atoms with E-state index in [0.717, 1.165) is 4.90 Å². The zero-order chi connectivity index (χ0) is 16.2. The number of aliphatic hydroxyl groups is 5. The van der Waals surface area contributed by atoms with Crippen LogP contribution in [0.4, 0.5) is 0 Å². The van der Waals surface area contributed by atoms with Crippen molar-refractivity contribution in [3.05, 3.63) is 0 Å². The summed E-state index contributed by atoms with van der Waals surface area (Å²) in [5, 5.41) is 50.5. The second kappa shape index (κ2) is 9.08. The van der Waals surface area contributed by atoms with Crippen molar-refractivity contribution in [2.45, 2.75) is 30.4 Å². The monoisotopic (exact) mass is 342 g/mol. The molecule has 0 aliphatic carbocycles. The molecule has 1 rings (SSSR count). The van der Waals surface area contributed by atoms with Crippen LogP contribution in [-0.4, -0.2) is 99.5 Å². The predicted molar refractivity (Wildman–Crippen MR) is 79.4 cm³/mol. The molecule has 0 bridgehead atoms. The molecule has 1 heterocycles. The van der Waals surface area contributed by atoms with E-state index in [2.05, 4.69) is 10.3 Å². The summed E-state index contributed by atoms with van der Waals surface area (Å²) in [4.78, 5) is 16.8. The molecule has 0 radical (unpaired) electrons. The maximum Gasteiger partial charge on any atom is 0.245 e.